The zero-order valence-corrected chi connectivity index (χ0v) is 7.53. The lowest BCUT2D eigenvalue weighted by atomic mass is 10.1. The molecule has 0 aromatic heterocycles. The highest BCUT2D eigenvalue weighted by molar-refractivity contribution is 5.81. The Morgan fingerprint density at radius 1 is 1.50 bits per heavy atom. The van der Waals surface area contributed by atoms with Gasteiger partial charge < -0.3 is 14.6 Å². The lowest BCUT2D eigenvalue weighted by molar-refractivity contribution is -0.155. The number of hydrogen-bond donors (Lipinski definition) is 1. The third-order valence-corrected chi connectivity index (χ3v) is 1.76. The molecule has 0 bridgehead atoms. The van der Waals surface area contributed by atoms with Gasteiger partial charge in [0.15, 0.2) is 11.6 Å². The number of rotatable bonds is 2. The highest BCUT2D eigenvalue weighted by Gasteiger charge is 2.43. The first kappa shape index (κ1) is 9.64. The lowest BCUT2D eigenvalue weighted by Crippen LogP contribution is -2.32. The van der Waals surface area contributed by atoms with Crippen molar-refractivity contribution < 1.29 is 19.4 Å². The Morgan fingerprint density at radius 2 is 2.08 bits per heavy atom. The number of carbonyl (C=O) groups is 1. The normalized spacial score (nSPS) is 33.7. The summed E-state index contributed by atoms with van der Waals surface area (Å²) in [7, 11) is 0. The van der Waals surface area contributed by atoms with Crippen molar-refractivity contribution in [3.63, 3.8) is 0 Å². The number of Topliss-reactive ketones (excluding diaryl/α,β-unsaturated/α-hetero) is 1. The SMILES string of the molecule is CC(=O)[C@@H]1OC(C)(C)O[C@H]1CO. The number of ether oxygens (including phenoxy) is 2. The largest absolute Gasteiger partial charge is 0.394 e. The van der Waals surface area contributed by atoms with E-state index in [2.05, 4.69) is 0 Å². The maximum atomic E-state index is 11.0. The molecule has 0 aromatic carbocycles. The average molecular weight is 174 g/mol. The predicted octanol–water partition coefficient (Wildman–Crippen LogP) is 0.0878. The zero-order chi connectivity index (χ0) is 9.35. The van der Waals surface area contributed by atoms with Crippen LogP contribution in [0.4, 0.5) is 0 Å². The number of ketones is 1. The quantitative estimate of drug-likeness (QED) is 0.644. The fourth-order valence-corrected chi connectivity index (χ4v) is 1.31. The van der Waals surface area contributed by atoms with Gasteiger partial charge in [0.1, 0.15) is 12.2 Å². The van der Waals surface area contributed by atoms with E-state index in [0.29, 0.717) is 0 Å². The summed E-state index contributed by atoms with van der Waals surface area (Å²) in [5.74, 6) is -0.872. The molecular formula is C8H14O4. The minimum absolute atomic E-state index is 0.111. The second-order valence-corrected chi connectivity index (χ2v) is 3.39. The van der Waals surface area contributed by atoms with Crippen LogP contribution in [0.25, 0.3) is 0 Å². The van der Waals surface area contributed by atoms with Crippen molar-refractivity contribution in [2.75, 3.05) is 6.61 Å². The van der Waals surface area contributed by atoms with E-state index >= 15 is 0 Å². The maximum Gasteiger partial charge on any atom is 0.164 e. The van der Waals surface area contributed by atoms with Crippen LogP contribution in [-0.4, -0.2) is 35.5 Å². The summed E-state index contributed by atoms with van der Waals surface area (Å²) >= 11 is 0. The third kappa shape index (κ3) is 1.83. The Balaban J connectivity index is 2.69. The molecule has 1 aliphatic rings. The summed E-state index contributed by atoms with van der Waals surface area (Å²) in [4.78, 5) is 11.0. The summed E-state index contributed by atoms with van der Waals surface area (Å²) < 4.78 is 10.6. The smallest absolute Gasteiger partial charge is 0.164 e. The summed E-state index contributed by atoms with van der Waals surface area (Å²) in [6, 6.07) is 0. The van der Waals surface area contributed by atoms with Gasteiger partial charge in [-0.15, -0.1) is 0 Å². The van der Waals surface area contributed by atoms with Crippen LogP contribution in [0, 0.1) is 0 Å². The Kier molecular flexibility index (Phi) is 2.51. The first-order valence-corrected chi connectivity index (χ1v) is 3.93. The molecule has 1 aliphatic heterocycles. The highest BCUT2D eigenvalue weighted by Crippen LogP contribution is 2.28. The van der Waals surface area contributed by atoms with Crippen molar-refractivity contribution in [2.45, 2.75) is 38.8 Å². The number of carbonyl (C=O) groups excluding carboxylic acids is 1. The van der Waals surface area contributed by atoms with E-state index in [9.17, 15) is 4.79 Å². The van der Waals surface area contributed by atoms with Crippen molar-refractivity contribution in [1.82, 2.24) is 0 Å². The fraction of sp³-hybridized carbons (Fsp3) is 0.875. The van der Waals surface area contributed by atoms with Gasteiger partial charge in [-0.3, -0.25) is 4.79 Å². The molecule has 4 heteroatoms. The maximum absolute atomic E-state index is 11.0. The molecule has 1 saturated heterocycles. The summed E-state index contributed by atoms with van der Waals surface area (Å²) in [5, 5.41) is 8.86. The Morgan fingerprint density at radius 3 is 2.42 bits per heavy atom. The van der Waals surface area contributed by atoms with Gasteiger partial charge in [0.05, 0.1) is 6.61 Å². The van der Waals surface area contributed by atoms with Crippen molar-refractivity contribution in [3.05, 3.63) is 0 Å². The van der Waals surface area contributed by atoms with Gasteiger partial charge in [0, 0.05) is 0 Å². The first-order chi connectivity index (χ1) is 5.46. The Bertz CT molecular complexity index is 187. The first-order valence-electron chi connectivity index (χ1n) is 3.93. The van der Waals surface area contributed by atoms with E-state index < -0.39 is 18.0 Å². The lowest BCUT2D eigenvalue weighted by Gasteiger charge is -2.15. The summed E-state index contributed by atoms with van der Waals surface area (Å²) in [6.45, 7) is 4.68. The third-order valence-electron chi connectivity index (χ3n) is 1.76. The Hall–Kier alpha value is -0.450. The van der Waals surface area contributed by atoms with Gasteiger partial charge in [-0.05, 0) is 20.8 Å². The molecule has 0 aliphatic carbocycles. The van der Waals surface area contributed by atoms with Gasteiger partial charge in [-0.1, -0.05) is 0 Å². The molecule has 1 heterocycles. The van der Waals surface area contributed by atoms with Crippen LogP contribution in [0.1, 0.15) is 20.8 Å². The molecular weight excluding hydrogens is 160 g/mol. The van der Waals surface area contributed by atoms with E-state index in [1.54, 1.807) is 13.8 Å². The number of hydrogen-bond acceptors (Lipinski definition) is 4. The number of aliphatic hydroxyl groups excluding tert-OH is 1. The van der Waals surface area contributed by atoms with Gasteiger partial charge in [-0.25, -0.2) is 0 Å². The summed E-state index contributed by atoms with van der Waals surface area (Å²) in [5.41, 5.74) is 0. The molecule has 0 radical (unpaired) electrons. The van der Waals surface area contributed by atoms with E-state index in [0.717, 1.165) is 0 Å². The molecule has 0 aromatic rings. The molecule has 4 nitrogen and oxygen atoms in total. The minimum Gasteiger partial charge on any atom is -0.394 e. The minimum atomic E-state index is -0.760. The van der Waals surface area contributed by atoms with Gasteiger partial charge in [0.25, 0.3) is 0 Å². The Labute approximate surface area is 71.5 Å². The van der Waals surface area contributed by atoms with Gasteiger partial charge in [0.2, 0.25) is 0 Å². The highest BCUT2D eigenvalue weighted by atomic mass is 16.8. The van der Waals surface area contributed by atoms with Crippen molar-refractivity contribution in [1.29, 1.82) is 0 Å². The van der Waals surface area contributed by atoms with E-state index in [1.807, 2.05) is 0 Å². The molecule has 0 saturated carbocycles. The van der Waals surface area contributed by atoms with Crippen LogP contribution in [-0.2, 0) is 14.3 Å². The predicted molar refractivity (Wildman–Crippen MR) is 41.6 cm³/mol. The standard InChI is InChI=1S/C8H14O4/c1-5(10)7-6(4-9)11-8(2,3)12-7/h6-7,9H,4H2,1-3H3/t6-,7-/m0/s1. The molecule has 0 unspecified atom stereocenters. The van der Waals surface area contributed by atoms with Gasteiger partial charge >= 0.3 is 0 Å². The molecule has 1 N–H and O–H groups in total. The molecule has 70 valence electrons. The van der Waals surface area contributed by atoms with Crippen LogP contribution < -0.4 is 0 Å². The molecule has 1 fully saturated rings. The molecule has 1 rings (SSSR count). The van der Waals surface area contributed by atoms with Crippen LogP contribution in [0.3, 0.4) is 0 Å². The van der Waals surface area contributed by atoms with Crippen LogP contribution in [0.2, 0.25) is 0 Å². The van der Waals surface area contributed by atoms with Crippen LogP contribution >= 0.6 is 0 Å². The van der Waals surface area contributed by atoms with Crippen LogP contribution in [0.5, 0.6) is 0 Å². The fourth-order valence-electron chi connectivity index (χ4n) is 1.31. The second kappa shape index (κ2) is 3.12. The van der Waals surface area contributed by atoms with Crippen molar-refractivity contribution in [2.24, 2.45) is 0 Å². The van der Waals surface area contributed by atoms with E-state index in [-0.39, 0.29) is 12.4 Å². The molecule has 12 heavy (non-hydrogen) atoms. The van der Waals surface area contributed by atoms with Crippen molar-refractivity contribution >= 4 is 5.78 Å². The van der Waals surface area contributed by atoms with Gasteiger partial charge in [-0.2, -0.15) is 0 Å². The molecule has 2 atom stereocenters. The van der Waals surface area contributed by atoms with Crippen molar-refractivity contribution in [3.8, 4) is 0 Å². The van der Waals surface area contributed by atoms with E-state index in [1.165, 1.54) is 6.92 Å². The molecule has 0 amide bonds. The summed E-state index contributed by atoms with van der Waals surface area (Å²) in [6.07, 6.45) is -1.14. The monoisotopic (exact) mass is 174 g/mol. The topological polar surface area (TPSA) is 55.8 Å². The average Bonchev–Trinajstić information content (AvgIpc) is 2.25. The molecule has 0 spiro atoms. The second-order valence-electron chi connectivity index (χ2n) is 3.39. The number of aliphatic hydroxyl groups is 1. The van der Waals surface area contributed by atoms with Crippen LogP contribution in [0.15, 0.2) is 0 Å². The van der Waals surface area contributed by atoms with E-state index in [4.69, 9.17) is 14.6 Å². The zero-order valence-electron chi connectivity index (χ0n) is 7.53.